The van der Waals surface area contributed by atoms with E-state index in [4.69, 9.17) is 9.47 Å². The number of rotatable bonds is 10. The quantitative estimate of drug-likeness (QED) is 0.464. The molecule has 3 aliphatic rings. The molecule has 0 radical (unpaired) electrons. The average molecular weight is 547 g/mol. The van der Waals surface area contributed by atoms with Gasteiger partial charge < -0.3 is 29.9 Å². The Labute approximate surface area is 228 Å². The molecule has 2 N–H and O–H groups in total. The minimum Gasteiger partial charge on any atom is -0.451 e. The highest BCUT2D eigenvalue weighted by atomic mass is 19.1. The van der Waals surface area contributed by atoms with Crippen molar-refractivity contribution in [3.05, 3.63) is 29.8 Å². The minimum atomic E-state index is -2.29. The zero-order valence-electron chi connectivity index (χ0n) is 22.9. The van der Waals surface area contributed by atoms with E-state index in [-0.39, 0.29) is 29.0 Å². The summed E-state index contributed by atoms with van der Waals surface area (Å²) in [5.74, 6) is -1.96. The number of halogens is 1. The fourth-order valence-corrected chi connectivity index (χ4v) is 5.00. The summed E-state index contributed by atoms with van der Waals surface area (Å²) in [6.45, 7) is 8.07. The second kappa shape index (κ2) is 12.3. The predicted molar refractivity (Wildman–Crippen MR) is 141 cm³/mol. The number of carbonyl (C=O) groups is 4. The van der Waals surface area contributed by atoms with Crippen molar-refractivity contribution >= 4 is 23.6 Å². The van der Waals surface area contributed by atoms with E-state index in [9.17, 15) is 23.6 Å². The number of amides is 4. The number of ether oxygens (including phenoxy) is 2. The van der Waals surface area contributed by atoms with Gasteiger partial charge in [0.25, 0.3) is 11.8 Å². The third kappa shape index (κ3) is 7.26. The van der Waals surface area contributed by atoms with Crippen LogP contribution in [0, 0.1) is 5.92 Å². The number of alkyl halides is 1. The molecular weight excluding hydrogens is 507 g/mol. The van der Waals surface area contributed by atoms with Crippen LogP contribution >= 0.6 is 0 Å². The van der Waals surface area contributed by atoms with Crippen molar-refractivity contribution in [3.63, 3.8) is 0 Å². The summed E-state index contributed by atoms with van der Waals surface area (Å²) in [6, 6.07) is 4.57. The minimum absolute atomic E-state index is 0.00880. The highest BCUT2D eigenvalue weighted by Gasteiger charge is 2.41. The van der Waals surface area contributed by atoms with E-state index in [1.165, 1.54) is 12.1 Å². The predicted octanol–water partition coefficient (Wildman–Crippen LogP) is 2.02. The molecule has 2 saturated heterocycles. The van der Waals surface area contributed by atoms with Crippen LogP contribution in [0.4, 0.5) is 4.39 Å². The van der Waals surface area contributed by atoms with Gasteiger partial charge in [-0.25, -0.2) is 0 Å². The maximum atomic E-state index is 14.7. The third-order valence-corrected chi connectivity index (χ3v) is 7.45. The lowest BCUT2D eigenvalue weighted by molar-refractivity contribution is -0.147. The van der Waals surface area contributed by atoms with Crippen LogP contribution in [-0.2, 0) is 19.1 Å². The number of benzene rings is 1. The highest BCUT2D eigenvalue weighted by molar-refractivity contribution is 6.00. The van der Waals surface area contributed by atoms with E-state index in [1.54, 1.807) is 21.9 Å². The molecular formula is C28H39FN4O6. The molecule has 0 spiro atoms. The number of carbonyl (C=O) groups excluding carboxylic acids is 4. The van der Waals surface area contributed by atoms with Gasteiger partial charge >= 0.3 is 6.36 Å². The maximum Gasteiger partial charge on any atom is 0.316 e. The van der Waals surface area contributed by atoms with Gasteiger partial charge in [-0.2, -0.15) is 4.39 Å². The molecule has 3 atom stereocenters. The SMILES string of the molecule is CC(C)C[C@@H](NC(=O)c1ccccc1O[C@@H](F)C(=O)NC1(C)CC1)C(=O)N1CCC[C@@H]1C(=O)N1CCOCC1. The molecule has 4 amide bonds. The summed E-state index contributed by atoms with van der Waals surface area (Å²) >= 11 is 0. The lowest BCUT2D eigenvalue weighted by atomic mass is 10.0. The fourth-order valence-electron chi connectivity index (χ4n) is 5.00. The Hall–Kier alpha value is -3.21. The average Bonchev–Trinajstić information content (AvgIpc) is 3.43. The zero-order valence-corrected chi connectivity index (χ0v) is 22.9. The van der Waals surface area contributed by atoms with E-state index < -0.39 is 35.8 Å². The molecule has 0 unspecified atom stereocenters. The number of morpholine rings is 1. The van der Waals surface area contributed by atoms with Gasteiger partial charge in [0.1, 0.15) is 17.8 Å². The van der Waals surface area contributed by atoms with Crippen molar-refractivity contribution in [2.45, 2.75) is 76.9 Å². The smallest absolute Gasteiger partial charge is 0.316 e. The molecule has 4 rings (SSSR count). The lowest BCUT2D eigenvalue weighted by Crippen LogP contribution is -2.55. The number of nitrogens with zero attached hydrogens (tertiary/aromatic N) is 2. The van der Waals surface area contributed by atoms with E-state index >= 15 is 0 Å². The molecule has 1 aliphatic carbocycles. The lowest BCUT2D eigenvalue weighted by Gasteiger charge is -2.34. The molecule has 3 fully saturated rings. The van der Waals surface area contributed by atoms with E-state index in [1.807, 2.05) is 20.8 Å². The molecule has 214 valence electrons. The Kier molecular flexibility index (Phi) is 9.09. The summed E-state index contributed by atoms with van der Waals surface area (Å²) in [4.78, 5) is 55.8. The molecule has 39 heavy (non-hydrogen) atoms. The van der Waals surface area contributed by atoms with Crippen LogP contribution in [0.25, 0.3) is 0 Å². The number of hydrogen-bond donors (Lipinski definition) is 2. The van der Waals surface area contributed by atoms with Crippen molar-refractivity contribution in [3.8, 4) is 5.75 Å². The molecule has 10 nitrogen and oxygen atoms in total. The Morgan fingerprint density at radius 2 is 1.82 bits per heavy atom. The summed E-state index contributed by atoms with van der Waals surface area (Å²) in [6.07, 6.45) is 0.873. The van der Waals surface area contributed by atoms with Gasteiger partial charge in [-0.3, -0.25) is 19.2 Å². The van der Waals surface area contributed by atoms with Crippen LogP contribution in [0.1, 0.15) is 63.2 Å². The van der Waals surface area contributed by atoms with Crippen LogP contribution in [-0.4, -0.2) is 90.3 Å². The second-order valence-corrected chi connectivity index (χ2v) is 11.3. The molecule has 1 aromatic rings. The first-order valence-corrected chi connectivity index (χ1v) is 13.8. The molecule has 0 bridgehead atoms. The Morgan fingerprint density at radius 3 is 2.49 bits per heavy atom. The second-order valence-electron chi connectivity index (χ2n) is 11.3. The Balaban J connectivity index is 1.45. The van der Waals surface area contributed by atoms with Crippen molar-refractivity contribution in [1.82, 2.24) is 20.4 Å². The van der Waals surface area contributed by atoms with E-state index in [0.29, 0.717) is 52.1 Å². The molecule has 0 aromatic heterocycles. The molecule has 1 saturated carbocycles. The largest absolute Gasteiger partial charge is 0.451 e. The molecule has 2 heterocycles. The third-order valence-electron chi connectivity index (χ3n) is 7.45. The van der Waals surface area contributed by atoms with Gasteiger partial charge in [0.2, 0.25) is 11.8 Å². The Morgan fingerprint density at radius 1 is 1.13 bits per heavy atom. The summed E-state index contributed by atoms with van der Waals surface area (Å²) in [5.41, 5.74) is -0.405. The molecule has 2 aliphatic heterocycles. The number of likely N-dealkylation sites (tertiary alicyclic amines) is 1. The van der Waals surface area contributed by atoms with Gasteiger partial charge in [0.05, 0.1) is 18.8 Å². The van der Waals surface area contributed by atoms with Crippen LogP contribution in [0.5, 0.6) is 5.75 Å². The van der Waals surface area contributed by atoms with Crippen LogP contribution in [0.15, 0.2) is 24.3 Å². The van der Waals surface area contributed by atoms with Crippen LogP contribution < -0.4 is 15.4 Å². The fraction of sp³-hybridized carbons (Fsp3) is 0.643. The first-order chi connectivity index (χ1) is 18.6. The maximum absolute atomic E-state index is 14.7. The van der Waals surface area contributed by atoms with Gasteiger partial charge in [-0.15, -0.1) is 0 Å². The molecule has 11 heteroatoms. The standard InChI is InChI=1S/C28H39FN4O6/c1-18(2)17-20(26(36)33-12-6-8-21(33)27(37)32-13-15-38-16-14-32)30-24(34)19-7-4-5-9-22(19)39-23(29)25(35)31-28(3)10-11-28/h4-5,7,9,18,20-21,23H,6,8,10-17H2,1-3H3,(H,30,34)(H,31,35)/t20-,21-,23-/m1/s1. The van der Waals surface area contributed by atoms with E-state index in [2.05, 4.69) is 10.6 Å². The van der Waals surface area contributed by atoms with Gasteiger partial charge in [0, 0.05) is 25.2 Å². The topological polar surface area (TPSA) is 117 Å². The monoisotopic (exact) mass is 546 g/mol. The number of para-hydroxylation sites is 1. The van der Waals surface area contributed by atoms with Crippen molar-refractivity contribution < 1.29 is 33.0 Å². The summed E-state index contributed by atoms with van der Waals surface area (Å²) < 4.78 is 25.2. The van der Waals surface area contributed by atoms with Gasteiger partial charge in [0.15, 0.2) is 0 Å². The van der Waals surface area contributed by atoms with Crippen molar-refractivity contribution in [1.29, 1.82) is 0 Å². The first kappa shape index (κ1) is 28.8. The van der Waals surface area contributed by atoms with Gasteiger partial charge in [-0.05, 0) is 57.1 Å². The normalized spacial score (nSPS) is 21.7. The number of hydrogen-bond acceptors (Lipinski definition) is 6. The summed E-state index contributed by atoms with van der Waals surface area (Å²) in [5, 5.41) is 5.40. The van der Waals surface area contributed by atoms with E-state index in [0.717, 1.165) is 12.8 Å². The van der Waals surface area contributed by atoms with Crippen molar-refractivity contribution in [2.24, 2.45) is 5.92 Å². The highest BCUT2D eigenvalue weighted by Crippen LogP contribution is 2.34. The first-order valence-electron chi connectivity index (χ1n) is 13.8. The van der Waals surface area contributed by atoms with Crippen LogP contribution in [0.3, 0.4) is 0 Å². The number of nitrogens with one attached hydrogen (secondary N) is 2. The Bertz CT molecular complexity index is 1070. The van der Waals surface area contributed by atoms with Crippen molar-refractivity contribution in [2.75, 3.05) is 32.8 Å². The van der Waals surface area contributed by atoms with Crippen LogP contribution in [0.2, 0.25) is 0 Å². The zero-order chi connectivity index (χ0) is 28.2. The summed E-state index contributed by atoms with van der Waals surface area (Å²) in [7, 11) is 0. The molecule has 1 aromatic carbocycles. The van der Waals surface area contributed by atoms with Gasteiger partial charge in [-0.1, -0.05) is 26.0 Å².